The Morgan fingerprint density at radius 1 is 0.711 bits per heavy atom. The molecule has 1 unspecified atom stereocenters. The highest BCUT2D eigenvalue weighted by Crippen LogP contribution is 2.39. The monoisotopic (exact) mass is 556 g/mol. The van der Waals surface area contributed by atoms with E-state index < -0.39 is 21.0 Å². The summed E-state index contributed by atoms with van der Waals surface area (Å²) in [6, 6.07) is 7.58. The molecule has 220 valence electrons. The number of aryl methyl sites for hydroxylation is 1. The Morgan fingerprint density at radius 2 is 1.11 bits per heavy atom. The van der Waals surface area contributed by atoms with Crippen LogP contribution in [0.15, 0.2) is 24.3 Å². The Balaban J connectivity index is 1.87. The van der Waals surface area contributed by atoms with Crippen molar-refractivity contribution in [1.82, 2.24) is 0 Å². The van der Waals surface area contributed by atoms with Crippen LogP contribution < -0.4 is 5.46 Å². The zero-order valence-corrected chi connectivity index (χ0v) is 25.3. The largest absolute Gasteiger partial charge is 0.488 e. The van der Waals surface area contributed by atoms with Crippen LogP contribution in [-0.2, 0) is 15.5 Å². The molecule has 0 spiro atoms. The molecule has 9 heteroatoms. The van der Waals surface area contributed by atoms with E-state index in [9.17, 15) is 4.57 Å². The maximum atomic E-state index is 11.2. The number of nitrogens with zero attached hydrogens (tertiary/aromatic N) is 1. The topological polar surface area (TPSA) is 107 Å². The van der Waals surface area contributed by atoms with E-state index in [0.717, 1.165) is 19.3 Å². The Labute approximate surface area is 233 Å². The van der Waals surface area contributed by atoms with Crippen molar-refractivity contribution in [3.05, 3.63) is 29.8 Å². The van der Waals surface area contributed by atoms with E-state index >= 15 is 0 Å². The molecule has 0 aliphatic rings. The van der Waals surface area contributed by atoms with E-state index in [2.05, 4.69) is 0 Å². The van der Waals surface area contributed by atoms with Crippen LogP contribution in [-0.4, -0.2) is 65.2 Å². The van der Waals surface area contributed by atoms with Gasteiger partial charge in [0.15, 0.2) is 0 Å². The third kappa shape index (κ3) is 21.1. The van der Waals surface area contributed by atoms with Crippen molar-refractivity contribution in [3.8, 4) is 0 Å². The summed E-state index contributed by atoms with van der Waals surface area (Å²) in [5.41, 5.74) is 1.82. The van der Waals surface area contributed by atoms with Gasteiger partial charge in [0.1, 0.15) is 12.6 Å². The standard InChI is InChI=1S/C29H55BNO6P/c1-31(2,3)26-29(37-38(34,35)36)21-19-17-15-13-11-9-7-5-4-6-8-10-12-14-16-18-20-27-22-24-28(25-23-27)30(32)33/h22-25,29,32-33H,4-21,26H2,1-3H3,(H-,34,35,36)/p+1. The van der Waals surface area contributed by atoms with E-state index in [0.29, 0.717) is 22.9 Å². The van der Waals surface area contributed by atoms with Crippen molar-refractivity contribution >= 4 is 20.4 Å². The van der Waals surface area contributed by atoms with Gasteiger partial charge in [0.2, 0.25) is 0 Å². The molecule has 1 aromatic carbocycles. The number of phosphoric ester groups is 1. The zero-order chi connectivity index (χ0) is 28.3. The molecule has 0 fully saturated rings. The average molecular weight is 557 g/mol. The van der Waals surface area contributed by atoms with Crippen molar-refractivity contribution in [3.63, 3.8) is 0 Å². The molecule has 0 aromatic heterocycles. The SMILES string of the molecule is C[N+](C)(C)CC(CCCCCCCCCCCCCCCCCCc1ccc(B(O)O)cc1)OP(=O)(O)O. The fourth-order valence-corrected chi connectivity index (χ4v) is 5.58. The van der Waals surface area contributed by atoms with Crippen LogP contribution in [0.2, 0.25) is 0 Å². The number of hydrogen-bond donors (Lipinski definition) is 4. The van der Waals surface area contributed by atoms with Crippen molar-refractivity contribution < 1.29 is 33.4 Å². The van der Waals surface area contributed by atoms with Gasteiger partial charge in [-0.1, -0.05) is 121 Å². The lowest BCUT2D eigenvalue weighted by atomic mass is 9.80. The van der Waals surface area contributed by atoms with Gasteiger partial charge >= 0.3 is 14.9 Å². The van der Waals surface area contributed by atoms with Gasteiger partial charge in [-0.3, -0.25) is 4.52 Å². The highest BCUT2D eigenvalue weighted by Gasteiger charge is 2.26. The summed E-state index contributed by atoms with van der Waals surface area (Å²) in [6.07, 6.45) is 21.6. The molecule has 0 heterocycles. The Hall–Kier alpha value is -0.725. The van der Waals surface area contributed by atoms with Crippen LogP contribution in [0.3, 0.4) is 0 Å². The summed E-state index contributed by atoms with van der Waals surface area (Å²) in [5.74, 6) is 0. The minimum absolute atomic E-state index is 0.393. The number of quaternary nitrogens is 1. The van der Waals surface area contributed by atoms with Gasteiger partial charge in [-0.25, -0.2) is 4.57 Å². The lowest BCUT2D eigenvalue weighted by Gasteiger charge is -2.29. The molecule has 0 aliphatic heterocycles. The van der Waals surface area contributed by atoms with Crippen LogP contribution in [0.1, 0.15) is 115 Å². The molecule has 0 saturated carbocycles. The molecule has 0 saturated heterocycles. The molecular weight excluding hydrogens is 500 g/mol. The molecule has 0 radical (unpaired) electrons. The van der Waals surface area contributed by atoms with E-state index in [1.165, 1.54) is 95.5 Å². The third-order valence-electron chi connectivity index (χ3n) is 7.06. The molecule has 38 heavy (non-hydrogen) atoms. The summed E-state index contributed by atoms with van der Waals surface area (Å²) in [4.78, 5) is 18.3. The highest BCUT2D eigenvalue weighted by atomic mass is 31.2. The second-order valence-electron chi connectivity index (χ2n) is 12.0. The van der Waals surface area contributed by atoms with E-state index in [-0.39, 0.29) is 0 Å². The van der Waals surface area contributed by atoms with E-state index in [1.807, 2.05) is 33.3 Å². The van der Waals surface area contributed by atoms with Crippen molar-refractivity contribution in [2.24, 2.45) is 0 Å². The predicted molar refractivity (Wildman–Crippen MR) is 158 cm³/mol. The van der Waals surface area contributed by atoms with Gasteiger partial charge in [0, 0.05) is 0 Å². The van der Waals surface area contributed by atoms with Crippen molar-refractivity contribution in [1.29, 1.82) is 0 Å². The molecule has 7 nitrogen and oxygen atoms in total. The van der Waals surface area contributed by atoms with Gasteiger partial charge in [-0.05, 0) is 30.3 Å². The van der Waals surface area contributed by atoms with Crippen LogP contribution in [0.4, 0.5) is 0 Å². The molecular formula is C29H56BNO6P+. The fraction of sp³-hybridized carbons (Fsp3) is 0.793. The van der Waals surface area contributed by atoms with Gasteiger partial charge in [-0.2, -0.15) is 0 Å². The maximum Gasteiger partial charge on any atom is 0.488 e. The molecule has 0 aliphatic carbocycles. The summed E-state index contributed by atoms with van der Waals surface area (Å²) in [5, 5.41) is 18.3. The summed E-state index contributed by atoms with van der Waals surface area (Å²) in [6.45, 7) is 0.599. The number of hydrogen-bond acceptors (Lipinski definition) is 4. The molecule has 0 bridgehead atoms. The number of benzene rings is 1. The van der Waals surface area contributed by atoms with Crippen molar-refractivity contribution in [2.45, 2.75) is 122 Å². The maximum absolute atomic E-state index is 11.2. The van der Waals surface area contributed by atoms with E-state index in [1.54, 1.807) is 12.1 Å². The first-order valence-corrected chi connectivity index (χ1v) is 16.5. The molecule has 0 amide bonds. The second kappa shape index (κ2) is 20.2. The van der Waals surface area contributed by atoms with Gasteiger partial charge in [-0.15, -0.1) is 0 Å². The number of likely N-dealkylation sites (N-methyl/N-ethyl adjacent to an activating group) is 1. The zero-order valence-electron chi connectivity index (χ0n) is 24.4. The summed E-state index contributed by atoms with van der Waals surface area (Å²) < 4.78 is 16.9. The first-order chi connectivity index (χ1) is 18.0. The van der Waals surface area contributed by atoms with Crippen LogP contribution in [0, 0.1) is 0 Å². The Bertz CT molecular complexity index is 750. The van der Waals surface area contributed by atoms with Crippen LogP contribution in [0.5, 0.6) is 0 Å². The average Bonchev–Trinajstić information content (AvgIpc) is 2.81. The molecule has 1 rings (SSSR count). The Morgan fingerprint density at radius 3 is 1.47 bits per heavy atom. The lowest BCUT2D eigenvalue weighted by Crippen LogP contribution is -2.42. The quantitative estimate of drug-likeness (QED) is 0.0561. The van der Waals surface area contributed by atoms with Crippen LogP contribution in [0.25, 0.3) is 0 Å². The highest BCUT2D eigenvalue weighted by molar-refractivity contribution is 7.46. The predicted octanol–water partition coefficient (Wildman–Crippen LogP) is 5.72. The first-order valence-electron chi connectivity index (χ1n) is 15.0. The summed E-state index contributed by atoms with van der Waals surface area (Å²) >= 11 is 0. The van der Waals surface area contributed by atoms with Gasteiger partial charge < -0.3 is 24.3 Å². The fourth-order valence-electron chi connectivity index (χ4n) is 5.01. The minimum Gasteiger partial charge on any atom is -0.423 e. The number of phosphoric acid groups is 1. The normalized spacial score (nSPS) is 13.1. The molecule has 1 atom stereocenters. The molecule has 4 N–H and O–H groups in total. The lowest BCUT2D eigenvalue weighted by molar-refractivity contribution is -0.873. The smallest absolute Gasteiger partial charge is 0.423 e. The van der Waals surface area contributed by atoms with Crippen molar-refractivity contribution in [2.75, 3.05) is 27.7 Å². The number of unbranched alkanes of at least 4 members (excludes halogenated alkanes) is 15. The van der Waals surface area contributed by atoms with Crippen LogP contribution >= 0.6 is 7.82 Å². The number of rotatable bonds is 24. The van der Waals surface area contributed by atoms with E-state index in [4.69, 9.17) is 24.4 Å². The Kier molecular flexibility index (Phi) is 18.8. The summed E-state index contributed by atoms with van der Waals surface area (Å²) in [7, 11) is 0.218. The minimum atomic E-state index is -4.43. The first kappa shape index (κ1) is 35.3. The van der Waals surface area contributed by atoms with Gasteiger partial charge in [0.25, 0.3) is 0 Å². The second-order valence-corrected chi connectivity index (χ2v) is 13.2. The third-order valence-corrected chi connectivity index (χ3v) is 7.63. The molecule has 1 aromatic rings. The van der Waals surface area contributed by atoms with Gasteiger partial charge in [0.05, 0.1) is 21.1 Å².